The third-order valence-corrected chi connectivity index (χ3v) is 9.04. The lowest BCUT2D eigenvalue weighted by molar-refractivity contribution is -0.385. The number of carbonyl (C=O) groups is 3. The van der Waals surface area contributed by atoms with Crippen LogP contribution in [0.5, 0.6) is 0 Å². The Morgan fingerprint density at radius 3 is 1.51 bits per heavy atom. The highest BCUT2D eigenvalue weighted by Gasteiger charge is 2.19. The van der Waals surface area contributed by atoms with Crippen molar-refractivity contribution in [2.45, 2.75) is 58.3 Å². The van der Waals surface area contributed by atoms with Crippen molar-refractivity contribution in [2.75, 3.05) is 13.7 Å². The molecule has 0 radical (unpaired) electrons. The maximum absolute atomic E-state index is 13.7. The van der Waals surface area contributed by atoms with Crippen molar-refractivity contribution >= 4 is 58.3 Å². The second kappa shape index (κ2) is 19.1. The monoisotopic (exact) mass is 731 g/mol. The van der Waals surface area contributed by atoms with E-state index in [1.54, 1.807) is 79.7 Å². The molecule has 0 aliphatic carbocycles. The molecule has 1 atom stereocenters. The van der Waals surface area contributed by atoms with E-state index in [0.29, 0.717) is 18.4 Å². The first-order chi connectivity index (χ1) is 24.5. The van der Waals surface area contributed by atoms with Gasteiger partial charge in [-0.05, 0) is 80.4 Å². The summed E-state index contributed by atoms with van der Waals surface area (Å²) in [6.45, 7) is 2.00. The van der Waals surface area contributed by atoms with Crippen molar-refractivity contribution in [1.82, 2.24) is 0 Å². The zero-order valence-electron chi connectivity index (χ0n) is 27.6. The van der Waals surface area contributed by atoms with Crippen molar-refractivity contribution in [3.8, 4) is 0 Å². The standard InChI is InChI=1S/C36H33N3O10S2/c1-24(23-47-2)48-33(40)5-3-4-6-34(41)49-37-35(25-7-15-29(16-8-25)50-31-19-11-27(12-20-31)38(43)44)36(42)26-9-17-30(18-10-26)51-32-21-13-28(14-22-32)39(45)46/h7-22,24H,3-6,23H2,1-2H3/b37-35+. The Morgan fingerprint density at radius 2 is 1.08 bits per heavy atom. The Kier molecular flexibility index (Phi) is 14.4. The Balaban J connectivity index is 1.46. The minimum Gasteiger partial charge on any atom is -0.460 e. The van der Waals surface area contributed by atoms with Crippen LogP contribution in [0.2, 0.25) is 0 Å². The third-order valence-electron chi connectivity index (χ3n) is 7.01. The molecule has 4 aromatic carbocycles. The summed E-state index contributed by atoms with van der Waals surface area (Å²) in [5, 5.41) is 25.9. The molecule has 51 heavy (non-hydrogen) atoms. The molecule has 0 saturated carbocycles. The van der Waals surface area contributed by atoms with E-state index in [1.165, 1.54) is 54.9 Å². The third kappa shape index (κ3) is 12.2. The predicted octanol–water partition coefficient (Wildman–Crippen LogP) is 8.07. The molecule has 13 nitrogen and oxygen atoms in total. The fraction of sp³-hybridized carbons (Fsp3) is 0.222. The smallest absolute Gasteiger partial charge is 0.335 e. The highest BCUT2D eigenvalue weighted by molar-refractivity contribution is 7.99. The number of nitro benzene ring substituents is 2. The SMILES string of the molecule is COCC(C)OC(=O)CCCCC(=O)O/N=C(/C(=O)c1ccc(Sc2ccc([N+](=O)[O-])cc2)cc1)c1ccc(Sc2ccc([N+](=O)[O-])cc2)cc1. The van der Waals surface area contributed by atoms with Crippen LogP contribution < -0.4 is 0 Å². The molecular weight excluding hydrogens is 699 g/mol. The number of ketones is 1. The summed E-state index contributed by atoms with van der Waals surface area (Å²) in [6, 6.07) is 25.7. The number of nitrogens with zero attached hydrogens (tertiary/aromatic N) is 3. The number of nitro groups is 2. The molecule has 0 heterocycles. The van der Waals surface area contributed by atoms with E-state index in [2.05, 4.69) is 5.16 Å². The van der Waals surface area contributed by atoms with E-state index in [0.717, 1.165) is 19.6 Å². The number of carbonyl (C=O) groups excluding carboxylic acids is 3. The molecule has 0 saturated heterocycles. The minimum absolute atomic E-state index is 0.0149. The first kappa shape index (κ1) is 38.4. The number of Topliss-reactive ketones (excluding diaryl/α,β-unsaturated/α-hetero) is 1. The molecule has 4 aromatic rings. The molecule has 0 aromatic heterocycles. The second-order valence-electron chi connectivity index (χ2n) is 11.0. The Hall–Kier alpha value is -5.38. The van der Waals surface area contributed by atoms with Gasteiger partial charge < -0.3 is 14.3 Å². The van der Waals surface area contributed by atoms with Crippen LogP contribution in [0.25, 0.3) is 0 Å². The first-order valence-electron chi connectivity index (χ1n) is 15.6. The molecule has 1 unspecified atom stereocenters. The number of rotatable bonds is 18. The minimum atomic E-state index is -0.679. The summed E-state index contributed by atoms with van der Waals surface area (Å²) in [6.07, 6.45) is 0.440. The second-order valence-corrected chi connectivity index (χ2v) is 13.2. The molecule has 0 fully saturated rings. The molecule has 4 rings (SSSR count). The van der Waals surface area contributed by atoms with E-state index in [4.69, 9.17) is 14.3 Å². The number of oxime groups is 1. The van der Waals surface area contributed by atoms with E-state index in [-0.39, 0.29) is 48.2 Å². The highest BCUT2D eigenvalue weighted by Crippen LogP contribution is 2.31. The number of methoxy groups -OCH3 is 1. The van der Waals surface area contributed by atoms with Gasteiger partial charge in [0.25, 0.3) is 11.4 Å². The van der Waals surface area contributed by atoms with Gasteiger partial charge in [-0.25, -0.2) is 4.79 Å². The van der Waals surface area contributed by atoms with Gasteiger partial charge in [0, 0.05) is 74.9 Å². The largest absolute Gasteiger partial charge is 0.460 e. The number of esters is 1. The summed E-state index contributed by atoms with van der Waals surface area (Å²) in [4.78, 5) is 67.6. The maximum atomic E-state index is 13.7. The van der Waals surface area contributed by atoms with Gasteiger partial charge >= 0.3 is 11.9 Å². The molecule has 0 N–H and O–H groups in total. The number of benzene rings is 4. The fourth-order valence-electron chi connectivity index (χ4n) is 4.49. The molecule has 0 spiro atoms. The maximum Gasteiger partial charge on any atom is 0.335 e. The quantitative estimate of drug-likeness (QED) is 0.0183. The predicted molar refractivity (Wildman–Crippen MR) is 190 cm³/mol. The lowest BCUT2D eigenvalue weighted by Crippen LogP contribution is -2.19. The van der Waals surface area contributed by atoms with Gasteiger partial charge in [0.15, 0.2) is 5.71 Å². The lowest BCUT2D eigenvalue weighted by atomic mass is 10.0. The zero-order chi connectivity index (χ0) is 36.8. The highest BCUT2D eigenvalue weighted by atomic mass is 32.2. The number of non-ortho nitro benzene ring substituents is 2. The van der Waals surface area contributed by atoms with Gasteiger partial charge in [-0.2, -0.15) is 0 Å². The van der Waals surface area contributed by atoms with E-state index in [1.807, 2.05) is 0 Å². The van der Waals surface area contributed by atoms with Gasteiger partial charge in [-0.1, -0.05) is 40.8 Å². The molecule has 0 amide bonds. The number of hydrogen-bond donors (Lipinski definition) is 0. The van der Waals surface area contributed by atoms with Crippen LogP contribution in [0.4, 0.5) is 11.4 Å². The van der Waals surface area contributed by atoms with Crippen LogP contribution in [-0.4, -0.2) is 53.1 Å². The lowest BCUT2D eigenvalue weighted by Gasteiger charge is -2.11. The number of ether oxygens (including phenoxy) is 2. The molecule has 0 aliphatic rings. The van der Waals surface area contributed by atoms with Crippen LogP contribution in [0.3, 0.4) is 0 Å². The molecule has 0 bridgehead atoms. The first-order valence-corrected chi connectivity index (χ1v) is 17.2. The topological polar surface area (TPSA) is 178 Å². The van der Waals surface area contributed by atoms with Crippen LogP contribution in [-0.2, 0) is 23.9 Å². The summed E-state index contributed by atoms with van der Waals surface area (Å²) < 4.78 is 10.2. The molecule has 15 heteroatoms. The Labute approximate surface area is 301 Å². The van der Waals surface area contributed by atoms with E-state index >= 15 is 0 Å². The van der Waals surface area contributed by atoms with E-state index < -0.39 is 27.6 Å². The van der Waals surface area contributed by atoms with Gasteiger partial charge in [-0.3, -0.25) is 29.8 Å². The average molecular weight is 732 g/mol. The number of unbranched alkanes of at least 4 members (excludes halogenated alkanes) is 1. The van der Waals surface area contributed by atoms with Crippen molar-refractivity contribution in [3.05, 3.63) is 128 Å². The fourth-order valence-corrected chi connectivity index (χ4v) is 6.13. The summed E-state index contributed by atoms with van der Waals surface area (Å²) in [5.74, 6) is -1.58. The number of hydrogen-bond acceptors (Lipinski definition) is 13. The van der Waals surface area contributed by atoms with Crippen molar-refractivity contribution in [2.24, 2.45) is 5.16 Å². The molecule has 264 valence electrons. The van der Waals surface area contributed by atoms with Crippen molar-refractivity contribution in [3.63, 3.8) is 0 Å². The van der Waals surface area contributed by atoms with Crippen molar-refractivity contribution in [1.29, 1.82) is 0 Å². The Morgan fingerprint density at radius 1 is 0.667 bits per heavy atom. The van der Waals surface area contributed by atoms with Crippen LogP contribution in [0.1, 0.15) is 48.5 Å². The van der Waals surface area contributed by atoms with E-state index in [9.17, 15) is 34.6 Å². The van der Waals surface area contributed by atoms with Gasteiger partial charge in [-0.15, -0.1) is 0 Å². The average Bonchev–Trinajstić information content (AvgIpc) is 3.11. The molecule has 0 aliphatic heterocycles. The summed E-state index contributed by atoms with van der Waals surface area (Å²) in [7, 11) is 1.51. The van der Waals surface area contributed by atoms with Gasteiger partial charge in [0.05, 0.1) is 16.5 Å². The van der Waals surface area contributed by atoms with Crippen LogP contribution in [0, 0.1) is 20.2 Å². The summed E-state index contributed by atoms with van der Waals surface area (Å²) in [5.41, 5.74) is 0.527. The van der Waals surface area contributed by atoms with Crippen LogP contribution in [0.15, 0.2) is 122 Å². The van der Waals surface area contributed by atoms with Gasteiger partial charge in [0.1, 0.15) is 6.10 Å². The van der Waals surface area contributed by atoms with Crippen LogP contribution >= 0.6 is 23.5 Å². The van der Waals surface area contributed by atoms with Crippen molar-refractivity contribution < 1.29 is 38.5 Å². The summed E-state index contributed by atoms with van der Waals surface area (Å²) >= 11 is 2.73. The zero-order valence-corrected chi connectivity index (χ0v) is 29.2. The Bertz CT molecular complexity index is 1870. The molecular formula is C36H33N3O10S2. The van der Waals surface area contributed by atoms with Gasteiger partial charge in [0.2, 0.25) is 5.78 Å². The normalized spacial score (nSPS) is 11.8.